The molecule has 0 saturated carbocycles. The van der Waals surface area contributed by atoms with Crippen molar-refractivity contribution in [2.45, 2.75) is 12.5 Å². The maximum atomic E-state index is 11.5. The molecule has 19 heavy (non-hydrogen) atoms. The first-order valence-corrected chi connectivity index (χ1v) is 7.77. The molecule has 0 spiro atoms. The Morgan fingerprint density at radius 1 is 1.47 bits per heavy atom. The maximum absolute atomic E-state index is 11.5. The van der Waals surface area contributed by atoms with Gasteiger partial charge in [-0.1, -0.05) is 17.3 Å². The summed E-state index contributed by atoms with van der Waals surface area (Å²) in [6.07, 6.45) is 0.601. The molecular weight excluding hydrogens is 266 g/mol. The van der Waals surface area contributed by atoms with Crippen LogP contribution < -0.4 is 10.6 Å². The van der Waals surface area contributed by atoms with Crippen LogP contribution in [-0.2, 0) is 9.84 Å². The van der Waals surface area contributed by atoms with Crippen molar-refractivity contribution in [2.75, 3.05) is 23.5 Å². The van der Waals surface area contributed by atoms with E-state index < -0.39 is 9.84 Å². The monoisotopic (exact) mass is 283 g/mol. The summed E-state index contributed by atoms with van der Waals surface area (Å²) in [4.78, 5) is 1.89. The molecule has 1 aromatic carbocycles. The molecule has 1 fully saturated rings. The van der Waals surface area contributed by atoms with Crippen molar-refractivity contribution in [3.8, 4) is 0 Å². The summed E-state index contributed by atoms with van der Waals surface area (Å²) in [7, 11) is -1.11. The summed E-state index contributed by atoms with van der Waals surface area (Å²) in [6, 6.07) is 7.12. The fourth-order valence-electron chi connectivity index (χ4n) is 2.33. The van der Waals surface area contributed by atoms with Crippen molar-refractivity contribution in [3.63, 3.8) is 0 Å². The van der Waals surface area contributed by atoms with Crippen LogP contribution in [0.5, 0.6) is 0 Å². The molecule has 1 aliphatic rings. The Bertz CT molecular complexity index is 598. The van der Waals surface area contributed by atoms with E-state index in [1.807, 2.05) is 24.1 Å². The second-order valence-electron chi connectivity index (χ2n) is 4.67. The number of nitrogens with two attached hydrogens (primary N) is 1. The van der Waals surface area contributed by atoms with Gasteiger partial charge in [0, 0.05) is 24.3 Å². The summed E-state index contributed by atoms with van der Waals surface area (Å²) < 4.78 is 23.1. The molecular formula is C12H17N3O3S. The van der Waals surface area contributed by atoms with E-state index >= 15 is 0 Å². The fourth-order valence-corrected chi connectivity index (χ4v) is 4.10. The van der Waals surface area contributed by atoms with Crippen LogP contribution in [0.2, 0.25) is 0 Å². The van der Waals surface area contributed by atoms with E-state index in [4.69, 9.17) is 10.9 Å². The molecule has 3 N–H and O–H groups in total. The van der Waals surface area contributed by atoms with E-state index in [0.29, 0.717) is 12.0 Å². The third-order valence-electron chi connectivity index (χ3n) is 3.42. The van der Waals surface area contributed by atoms with Crippen molar-refractivity contribution in [3.05, 3.63) is 29.8 Å². The van der Waals surface area contributed by atoms with Crippen LogP contribution in [-0.4, -0.2) is 44.1 Å². The molecule has 6 nitrogen and oxygen atoms in total. The Labute approximate surface area is 112 Å². The Morgan fingerprint density at radius 2 is 2.16 bits per heavy atom. The normalized spacial score (nSPS) is 22.4. The highest BCUT2D eigenvalue weighted by Gasteiger charge is 2.31. The summed E-state index contributed by atoms with van der Waals surface area (Å²) in [6.45, 7) is 0. The van der Waals surface area contributed by atoms with Gasteiger partial charge in [-0.25, -0.2) is 8.42 Å². The number of oxime groups is 1. The zero-order valence-corrected chi connectivity index (χ0v) is 11.5. The van der Waals surface area contributed by atoms with E-state index in [1.54, 1.807) is 12.1 Å². The van der Waals surface area contributed by atoms with Crippen molar-refractivity contribution >= 4 is 21.4 Å². The Balaban J connectivity index is 2.32. The second-order valence-corrected chi connectivity index (χ2v) is 6.90. The summed E-state index contributed by atoms with van der Waals surface area (Å²) in [5, 5.41) is 11.8. The number of rotatable bonds is 3. The van der Waals surface area contributed by atoms with Crippen LogP contribution in [0.25, 0.3) is 0 Å². The van der Waals surface area contributed by atoms with Crippen molar-refractivity contribution in [1.82, 2.24) is 0 Å². The number of nitrogens with zero attached hydrogens (tertiary/aromatic N) is 2. The lowest BCUT2D eigenvalue weighted by molar-refractivity contribution is 0.318. The van der Waals surface area contributed by atoms with Crippen LogP contribution in [0.1, 0.15) is 12.0 Å². The van der Waals surface area contributed by atoms with Gasteiger partial charge in [0.2, 0.25) is 0 Å². The van der Waals surface area contributed by atoms with E-state index in [1.165, 1.54) is 0 Å². The van der Waals surface area contributed by atoms with Gasteiger partial charge in [0.15, 0.2) is 15.7 Å². The highest BCUT2D eigenvalue weighted by molar-refractivity contribution is 7.91. The molecule has 1 atom stereocenters. The number of hydrogen-bond acceptors (Lipinski definition) is 5. The Kier molecular flexibility index (Phi) is 3.66. The largest absolute Gasteiger partial charge is 0.409 e. The topological polar surface area (TPSA) is 96.0 Å². The molecule has 1 heterocycles. The number of amidine groups is 1. The summed E-state index contributed by atoms with van der Waals surface area (Å²) in [5.41, 5.74) is 7.00. The molecule has 2 rings (SSSR count). The predicted octanol–water partition coefficient (Wildman–Crippen LogP) is 0.404. The van der Waals surface area contributed by atoms with Gasteiger partial charge in [-0.05, 0) is 18.6 Å². The minimum Gasteiger partial charge on any atom is -0.409 e. The lowest BCUT2D eigenvalue weighted by Crippen LogP contribution is -2.34. The van der Waals surface area contributed by atoms with Gasteiger partial charge in [-0.15, -0.1) is 0 Å². The Hall–Kier alpha value is -1.76. The average Bonchev–Trinajstić information content (AvgIpc) is 2.77. The molecule has 1 saturated heterocycles. The van der Waals surface area contributed by atoms with Gasteiger partial charge in [0.1, 0.15) is 0 Å². The first kappa shape index (κ1) is 13.7. The predicted molar refractivity (Wildman–Crippen MR) is 74.4 cm³/mol. The maximum Gasteiger partial charge on any atom is 0.172 e. The van der Waals surface area contributed by atoms with Gasteiger partial charge in [-0.3, -0.25) is 0 Å². The second kappa shape index (κ2) is 5.08. The molecule has 1 aromatic rings. The third kappa shape index (κ3) is 2.81. The lowest BCUT2D eigenvalue weighted by atomic mass is 10.1. The first-order valence-electron chi connectivity index (χ1n) is 5.95. The molecule has 1 unspecified atom stereocenters. The smallest absolute Gasteiger partial charge is 0.172 e. The summed E-state index contributed by atoms with van der Waals surface area (Å²) in [5.74, 6) is 0.380. The van der Waals surface area contributed by atoms with Crippen LogP contribution in [0.4, 0.5) is 5.69 Å². The van der Waals surface area contributed by atoms with E-state index in [0.717, 1.165) is 5.69 Å². The molecule has 1 aliphatic heterocycles. The molecule has 0 aliphatic carbocycles. The molecule has 0 bridgehead atoms. The number of hydrogen-bond donors (Lipinski definition) is 2. The fraction of sp³-hybridized carbons (Fsp3) is 0.417. The van der Waals surface area contributed by atoms with Crippen molar-refractivity contribution < 1.29 is 13.6 Å². The van der Waals surface area contributed by atoms with E-state index in [2.05, 4.69) is 5.16 Å². The highest BCUT2D eigenvalue weighted by Crippen LogP contribution is 2.25. The number of para-hydroxylation sites is 1. The van der Waals surface area contributed by atoms with Crippen LogP contribution in [0.3, 0.4) is 0 Å². The lowest BCUT2D eigenvalue weighted by Gasteiger charge is -2.27. The van der Waals surface area contributed by atoms with Gasteiger partial charge in [-0.2, -0.15) is 0 Å². The number of anilines is 1. The quantitative estimate of drug-likeness (QED) is 0.362. The zero-order valence-electron chi connectivity index (χ0n) is 10.7. The minimum absolute atomic E-state index is 0.0169. The van der Waals surface area contributed by atoms with Gasteiger partial charge in [0.05, 0.1) is 11.5 Å². The molecule has 0 aromatic heterocycles. The van der Waals surface area contributed by atoms with Crippen LogP contribution >= 0.6 is 0 Å². The first-order chi connectivity index (χ1) is 8.94. The van der Waals surface area contributed by atoms with Gasteiger partial charge >= 0.3 is 0 Å². The van der Waals surface area contributed by atoms with Crippen LogP contribution in [0.15, 0.2) is 29.4 Å². The van der Waals surface area contributed by atoms with Crippen molar-refractivity contribution in [2.24, 2.45) is 10.9 Å². The average molecular weight is 283 g/mol. The molecule has 0 amide bonds. The van der Waals surface area contributed by atoms with Crippen molar-refractivity contribution in [1.29, 1.82) is 0 Å². The Morgan fingerprint density at radius 3 is 2.74 bits per heavy atom. The highest BCUT2D eigenvalue weighted by atomic mass is 32.2. The summed E-state index contributed by atoms with van der Waals surface area (Å²) >= 11 is 0. The molecule has 7 heteroatoms. The number of benzene rings is 1. The number of sulfone groups is 1. The van der Waals surface area contributed by atoms with Gasteiger partial charge in [0.25, 0.3) is 0 Å². The van der Waals surface area contributed by atoms with Crippen LogP contribution in [0, 0.1) is 0 Å². The molecule has 0 radical (unpaired) electrons. The zero-order chi connectivity index (χ0) is 14.0. The van der Waals surface area contributed by atoms with E-state index in [-0.39, 0.29) is 23.4 Å². The standard InChI is InChI=1S/C12H17N3O3S/c1-15(9-6-7-19(17,18)8-9)11-5-3-2-4-10(11)12(13)14-16/h2-5,9,16H,6-8H2,1H3,(H2,13,14). The SMILES string of the molecule is CN(c1ccccc1/C(N)=N/O)C1CCS(=O)(=O)C1. The van der Waals surface area contributed by atoms with Gasteiger partial charge < -0.3 is 15.8 Å². The third-order valence-corrected chi connectivity index (χ3v) is 5.17. The van der Waals surface area contributed by atoms with E-state index in [9.17, 15) is 8.42 Å². The minimum atomic E-state index is -2.94. The molecule has 104 valence electrons.